The summed E-state index contributed by atoms with van der Waals surface area (Å²) in [7, 11) is 0. The standard InChI is InChI=1S/C16H22N2OS/c1-11(2)17-8-14-7-12(3)5-6-15(14)19-9-16-18-13(4)10-20-16/h5-7,10-11,17H,8-9H2,1-4H3. The minimum Gasteiger partial charge on any atom is -0.486 e. The Labute approximate surface area is 125 Å². The molecule has 0 saturated carbocycles. The van der Waals surface area contributed by atoms with Crippen LogP contribution in [0.5, 0.6) is 5.75 Å². The molecule has 1 N–H and O–H groups in total. The first-order chi connectivity index (χ1) is 9.54. The number of hydrogen-bond acceptors (Lipinski definition) is 4. The zero-order chi connectivity index (χ0) is 14.5. The van der Waals surface area contributed by atoms with Crippen molar-refractivity contribution in [1.82, 2.24) is 10.3 Å². The van der Waals surface area contributed by atoms with Crippen molar-refractivity contribution in [3.05, 3.63) is 45.4 Å². The van der Waals surface area contributed by atoms with E-state index in [1.54, 1.807) is 11.3 Å². The zero-order valence-electron chi connectivity index (χ0n) is 12.6. The fourth-order valence-corrected chi connectivity index (χ4v) is 2.59. The number of thiazole rings is 1. The second-order valence-corrected chi connectivity index (χ2v) is 6.26. The highest BCUT2D eigenvalue weighted by atomic mass is 32.1. The molecule has 1 aromatic carbocycles. The molecule has 0 unspecified atom stereocenters. The molecule has 20 heavy (non-hydrogen) atoms. The van der Waals surface area contributed by atoms with Gasteiger partial charge in [0, 0.05) is 29.2 Å². The predicted molar refractivity (Wildman–Crippen MR) is 84.3 cm³/mol. The van der Waals surface area contributed by atoms with Gasteiger partial charge in [0.05, 0.1) is 0 Å². The molecule has 1 aromatic heterocycles. The van der Waals surface area contributed by atoms with Gasteiger partial charge in [-0.1, -0.05) is 31.5 Å². The molecule has 0 atom stereocenters. The summed E-state index contributed by atoms with van der Waals surface area (Å²) in [6, 6.07) is 6.77. The molecule has 108 valence electrons. The van der Waals surface area contributed by atoms with E-state index in [0.29, 0.717) is 12.6 Å². The van der Waals surface area contributed by atoms with E-state index < -0.39 is 0 Å². The molecule has 0 aliphatic rings. The summed E-state index contributed by atoms with van der Waals surface area (Å²) in [4.78, 5) is 4.43. The van der Waals surface area contributed by atoms with Crippen molar-refractivity contribution in [3.63, 3.8) is 0 Å². The van der Waals surface area contributed by atoms with Crippen molar-refractivity contribution < 1.29 is 4.74 Å². The smallest absolute Gasteiger partial charge is 0.140 e. The van der Waals surface area contributed by atoms with E-state index in [2.05, 4.69) is 48.6 Å². The van der Waals surface area contributed by atoms with Gasteiger partial charge in [-0.05, 0) is 19.9 Å². The Morgan fingerprint density at radius 2 is 2.10 bits per heavy atom. The van der Waals surface area contributed by atoms with Crippen molar-refractivity contribution in [3.8, 4) is 5.75 Å². The van der Waals surface area contributed by atoms with E-state index in [-0.39, 0.29) is 0 Å². The van der Waals surface area contributed by atoms with E-state index >= 15 is 0 Å². The number of hydrogen-bond donors (Lipinski definition) is 1. The third-order valence-electron chi connectivity index (χ3n) is 2.93. The summed E-state index contributed by atoms with van der Waals surface area (Å²) in [5, 5.41) is 6.51. The van der Waals surface area contributed by atoms with Crippen molar-refractivity contribution in [2.24, 2.45) is 0 Å². The first-order valence-electron chi connectivity index (χ1n) is 6.91. The maximum Gasteiger partial charge on any atom is 0.140 e. The minimum atomic E-state index is 0.463. The third kappa shape index (κ3) is 4.32. The van der Waals surface area contributed by atoms with Gasteiger partial charge in [0.1, 0.15) is 17.4 Å². The molecule has 3 nitrogen and oxygen atoms in total. The highest BCUT2D eigenvalue weighted by molar-refractivity contribution is 7.09. The number of aromatic nitrogens is 1. The summed E-state index contributed by atoms with van der Waals surface area (Å²) >= 11 is 1.64. The van der Waals surface area contributed by atoms with Crippen LogP contribution in [0.15, 0.2) is 23.6 Å². The van der Waals surface area contributed by atoms with Gasteiger partial charge in [-0.15, -0.1) is 11.3 Å². The Hall–Kier alpha value is -1.39. The average Bonchev–Trinajstić information content (AvgIpc) is 2.81. The molecular formula is C16H22N2OS. The fraction of sp³-hybridized carbons (Fsp3) is 0.438. The Kier molecular flexibility index (Phi) is 5.15. The molecule has 0 aliphatic carbocycles. The van der Waals surface area contributed by atoms with Gasteiger partial charge >= 0.3 is 0 Å². The molecule has 0 radical (unpaired) electrons. The number of rotatable bonds is 6. The van der Waals surface area contributed by atoms with Crippen LogP contribution in [0.4, 0.5) is 0 Å². The van der Waals surface area contributed by atoms with E-state index in [0.717, 1.165) is 23.0 Å². The first kappa shape index (κ1) is 15.0. The van der Waals surface area contributed by atoms with Crippen molar-refractivity contribution >= 4 is 11.3 Å². The monoisotopic (exact) mass is 290 g/mol. The molecule has 0 fully saturated rings. The van der Waals surface area contributed by atoms with Gasteiger partial charge in [0.25, 0.3) is 0 Å². The minimum absolute atomic E-state index is 0.463. The number of nitrogens with one attached hydrogen (secondary N) is 1. The van der Waals surface area contributed by atoms with E-state index in [1.807, 2.05) is 13.0 Å². The number of ether oxygens (including phenoxy) is 1. The van der Waals surface area contributed by atoms with Gasteiger partial charge in [-0.2, -0.15) is 0 Å². The predicted octanol–water partition coefficient (Wildman–Crippen LogP) is 3.84. The van der Waals surface area contributed by atoms with Gasteiger partial charge in [-0.25, -0.2) is 4.98 Å². The van der Waals surface area contributed by atoms with E-state index in [9.17, 15) is 0 Å². The Bertz CT molecular complexity index is 563. The largest absolute Gasteiger partial charge is 0.486 e. The highest BCUT2D eigenvalue weighted by Crippen LogP contribution is 2.22. The quantitative estimate of drug-likeness (QED) is 0.877. The van der Waals surface area contributed by atoms with Gasteiger partial charge in [-0.3, -0.25) is 0 Å². The van der Waals surface area contributed by atoms with Crippen LogP contribution in [-0.2, 0) is 13.2 Å². The first-order valence-corrected chi connectivity index (χ1v) is 7.79. The zero-order valence-corrected chi connectivity index (χ0v) is 13.4. The highest BCUT2D eigenvalue weighted by Gasteiger charge is 2.07. The number of benzene rings is 1. The molecule has 2 rings (SSSR count). The van der Waals surface area contributed by atoms with Crippen LogP contribution in [0, 0.1) is 13.8 Å². The molecule has 0 bridgehead atoms. The lowest BCUT2D eigenvalue weighted by molar-refractivity contribution is 0.301. The molecule has 0 aliphatic heterocycles. The van der Waals surface area contributed by atoms with E-state index in [1.165, 1.54) is 11.1 Å². The Balaban J connectivity index is 2.05. The second kappa shape index (κ2) is 6.86. The van der Waals surface area contributed by atoms with Crippen molar-refractivity contribution in [2.45, 2.75) is 46.9 Å². The SMILES string of the molecule is Cc1ccc(OCc2nc(C)cs2)c(CNC(C)C)c1. The van der Waals surface area contributed by atoms with Gasteiger partial charge < -0.3 is 10.1 Å². The summed E-state index contributed by atoms with van der Waals surface area (Å²) in [6.07, 6.45) is 0. The Morgan fingerprint density at radius 3 is 2.75 bits per heavy atom. The van der Waals surface area contributed by atoms with Crippen LogP contribution < -0.4 is 10.1 Å². The van der Waals surface area contributed by atoms with Crippen LogP contribution in [0.3, 0.4) is 0 Å². The van der Waals surface area contributed by atoms with Gasteiger partial charge in [0.15, 0.2) is 0 Å². The topological polar surface area (TPSA) is 34.1 Å². The lowest BCUT2D eigenvalue weighted by Crippen LogP contribution is -2.22. The molecule has 0 spiro atoms. The van der Waals surface area contributed by atoms with E-state index in [4.69, 9.17) is 4.74 Å². The van der Waals surface area contributed by atoms with Crippen LogP contribution in [0.1, 0.15) is 35.7 Å². The average molecular weight is 290 g/mol. The maximum absolute atomic E-state index is 5.93. The van der Waals surface area contributed by atoms with Crippen molar-refractivity contribution in [1.29, 1.82) is 0 Å². The molecular weight excluding hydrogens is 268 g/mol. The fourth-order valence-electron chi connectivity index (χ4n) is 1.91. The summed E-state index contributed by atoms with van der Waals surface area (Å²) in [5.74, 6) is 0.941. The molecule has 4 heteroatoms. The summed E-state index contributed by atoms with van der Waals surface area (Å²) in [6.45, 7) is 9.77. The molecule has 2 aromatic rings. The van der Waals surface area contributed by atoms with Crippen LogP contribution in [-0.4, -0.2) is 11.0 Å². The molecule has 0 amide bonds. The third-order valence-corrected chi connectivity index (χ3v) is 3.87. The number of aryl methyl sites for hydroxylation is 2. The lowest BCUT2D eigenvalue weighted by atomic mass is 10.1. The van der Waals surface area contributed by atoms with Crippen LogP contribution in [0.25, 0.3) is 0 Å². The second-order valence-electron chi connectivity index (χ2n) is 5.32. The number of nitrogens with zero attached hydrogens (tertiary/aromatic N) is 1. The van der Waals surface area contributed by atoms with Crippen molar-refractivity contribution in [2.75, 3.05) is 0 Å². The molecule has 1 heterocycles. The van der Waals surface area contributed by atoms with Crippen LogP contribution in [0.2, 0.25) is 0 Å². The summed E-state index contributed by atoms with van der Waals surface area (Å²) in [5.41, 5.74) is 3.51. The van der Waals surface area contributed by atoms with Gasteiger partial charge in [0.2, 0.25) is 0 Å². The Morgan fingerprint density at radius 1 is 1.30 bits per heavy atom. The maximum atomic E-state index is 5.93. The lowest BCUT2D eigenvalue weighted by Gasteiger charge is -2.14. The normalized spacial score (nSPS) is 11.1. The summed E-state index contributed by atoms with van der Waals surface area (Å²) < 4.78 is 5.93. The molecule has 0 saturated heterocycles. The van der Waals surface area contributed by atoms with Crippen LogP contribution >= 0.6 is 11.3 Å².